The van der Waals surface area contributed by atoms with Gasteiger partial charge in [0.25, 0.3) is 0 Å². The standard InChI is InChI=1S/C10H16N8S3/c1-13-9(12)16-10-15-6(5-20-10)4-19-3-2-14-8-7(11)17-21-18-8/h5H,2-4H2,1H3,(H2,11,17)(H,14,18)(H3,12,13,15,16). The molecule has 0 radical (unpaired) electrons. The number of nitrogens with two attached hydrogens (primary N) is 2. The number of aromatic nitrogens is 3. The summed E-state index contributed by atoms with van der Waals surface area (Å²) in [4.78, 5) is 8.25. The van der Waals surface area contributed by atoms with Gasteiger partial charge in [0.1, 0.15) is 0 Å². The predicted octanol–water partition coefficient (Wildman–Crippen LogP) is 1.28. The zero-order valence-corrected chi connectivity index (χ0v) is 13.8. The molecule has 0 aliphatic heterocycles. The van der Waals surface area contributed by atoms with Crippen LogP contribution in [0.4, 0.5) is 16.8 Å². The van der Waals surface area contributed by atoms with E-state index in [9.17, 15) is 0 Å². The van der Waals surface area contributed by atoms with Crippen LogP contribution >= 0.6 is 34.8 Å². The number of nitrogens with zero attached hydrogens (tertiary/aromatic N) is 4. The Labute approximate surface area is 134 Å². The minimum Gasteiger partial charge on any atom is -0.380 e. The van der Waals surface area contributed by atoms with Crippen molar-refractivity contribution in [1.82, 2.24) is 13.7 Å². The molecule has 0 saturated heterocycles. The van der Waals surface area contributed by atoms with E-state index in [-0.39, 0.29) is 0 Å². The fourth-order valence-corrected chi connectivity index (χ4v) is 3.36. The molecule has 0 unspecified atom stereocenters. The maximum atomic E-state index is 5.63. The van der Waals surface area contributed by atoms with Crippen molar-refractivity contribution in [3.05, 3.63) is 11.1 Å². The summed E-state index contributed by atoms with van der Waals surface area (Å²) in [6.45, 7) is 0.783. The Morgan fingerprint density at radius 3 is 3.05 bits per heavy atom. The topological polar surface area (TPSA) is 127 Å². The molecule has 2 heterocycles. The summed E-state index contributed by atoms with van der Waals surface area (Å²) in [5.74, 6) is 3.25. The molecular weight excluding hydrogens is 328 g/mol. The van der Waals surface area contributed by atoms with Crippen molar-refractivity contribution in [2.75, 3.05) is 35.7 Å². The summed E-state index contributed by atoms with van der Waals surface area (Å²) in [6, 6.07) is 0. The first-order valence-corrected chi connectivity index (χ1v) is 8.79. The van der Waals surface area contributed by atoms with E-state index in [4.69, 9.17) is 11.5 Å². The van der Waals surface area contributed by atoms with Gasteiger partial charge in [-0.3, -0.25) is 4.99 Å². The van der Waals surface area contributed by atoms with Crippen molar-refractivity contribution in [2.45, 2.75) is 5.75 Å². The summed E-state index contributed by atoms with van der Waals surface area (Å²) >= 11 is 4.40. The molecule has 11 heteroatoms. The van der Waals surface area contributed by atoms with Gasteiger partial charge in [-0.2, -0.15) is 20.5 Å². The molecule has 0 atom stereocenters. The molecule has 0 amide bonds. The number of hydrogen-bond donors (Lipinski definition) is 4. The van der Waals surface area contributed by atoms with Crippen LogP contribution in [0, 0.1) is 0 Å². The normalized spacial score (nSPS) is 11.6. The highest BCUT2D eigenvalue weighted by Gasteiger charge is 2.04. The molecule has 8 nitrogen and oxygen atoms in total. The Kier molecular flexibility index (Phi) is 6.02. The summed E-state index contributed by atoms with van der Waals surface area (Å²) in [6.07, 6.45) is 0. The quantitative estimate of drug-likeness (QED) is 0.336. The van der Waals surface area contributed by atoms with Crippen LogP contribution in [-0.4, -0.2) is 39.0 Å². The second-order valence-electron chi connectivity index (χ2n) is 3.86. The van der Waals surface area contributed by atoms with Crippen LogP contribution in [-0.2, 0) is 5.75 Å². The molecule has 0 aliphatic carbocycles. The number of thioether (sulfide) groups is 1. The van der Waals surface area contributed by atoms with Crippen LogP contribution in [0.1, 0.15) is 5.69 Å². The van der Waals surface area contributed by atoms with E-state index < -0.39 is 0 Å². The van der Waals surface area contributed by atoms with Gasteiger partial charge in [0.2, 0.25) is 0 Å². The molecule has 114 valence electrons. The lowest BCUT2D eigenvalue weighted by atomic mass is 10.6. The van der Waals surface area contributed by atoms with E-state index in [1.165, 1.54) is 11.3 Å². The summed E-state index contributed by atoms with van der Waals surface area (Å²) in [5.41, 5.74) is 12.2. The second kappa shape index (κ2) is 8.00. The largest absolute Gasteiger partial charge is 0.380 e. The number of aliphatic imine (C=N–C) groups is 1. The molecule has 2 aromatic heterocycles. The molecule has 0 spiro atoms. The van der Waals surface area contributed by atoms with Crippen LogP contribution in [0.5, 0.6) is 0 Å². The number of rotatable bonds is 7. The maximum absolute atomic E-state index is 5.63. The third-order valence-electron chi connectivity index (χ3n) is 2.33. The van der Waals surface area contributed by atoms with Crippen LogP contribution in [0.15, 0.2) is 10.4 Å². The predicted molar refractivity (Wildman–Crippen MR) is 92.3 cm³/mol. The Morgan fingerprint density at radius 1 is 1.48 bits per heavy atom. The fraction of sp³-hybridized carbons (Fsp3) is 0.400. The van der Waals surface area contributed by atoms with E-state index in [1.807, 2.05) is 5.38 Å². The highest BCUT2D eigenvalue weighted by atomic mass is 32.2. The van der Waals surface area contributed by atoms with E-state index in [2.05, 4.69) is 29.4 Å². The highest BCUT2D eigenvalue weighted by Crippen LogP contribution is 2.19. The van der Waals surface area contributed by atoms with E-state index in [1.54, 1.807) is 18.8 Å². The van der Waals surface area contributed by atoms with Crippen LogP contribution in [0.25, 0.3) is 0 Å². The third kappa shape index (κ3) is 5.02. The monoisotopic (exact) mass is 344 g/mol. The van der Waals surface area contributed by atoms with Crippen LogP contribution in [0.3, 0.4) is 0 Å². The van der Waals surface area contributed by atoms with Gasteiger partial charge in [0.05, 0.1) is 17.4 Å². The first kappa shape index (κ1) is 15.8. The van der Waals surface area contributed by atoms with Gasteiger partial charge >= 0.3 is 0 Å². The maximum Gasteiger partial charge on any atom is 0.194 e. The van der Waals surface area contributed by atoms with Crippen molar-refractivity contribution in [1.29, 1.82) is 0 Å². The lowest BCUT2D eigenvalue weighted by Gasteiger charge is -2.02. The van der Waals surface area contributed by atoms with E-state index in [0.717, 1.165) is 40.6 Å². The number of nitrogen functional groups attached to an aromatic ring is 1. The number of nitrogens with one attached hydrogen (secondary N) is 2. The Hall–Kier alpha value is -1.59. The summed E-state index contributed by atoms with van der Waals surface area (Å²) in [5, 5.41) is 8.84. The third-order valence-corrected chi connectivity index (χ3v) is 4.67. The first-order chi connectivity index (χ1) is 10.2. The van der Waals surface area contributed by atoms with Crippen molar-refractivity contribution in [2.24, 2.45) is 10.7 Å². The SMILES string of the molecule is CN=C(N)Nc1nc(CSCCNc2nsnc2N)cs1. The highest BCUT2D eigenvalue weighted by molar-refractivity contribution is 7.98. The zero-order chi connectivity index (χ0) is 15.1. The molecule has 0 aromatic carbocycles. The number of thiazole rings is 1. The van der Waals surface area contributed by atoms with Gasteiger partial charge in [-0.1, -0.05) is 0 Å². The number of hydrogen-bond acceptors (Lipinski definition) is 9. The van der Waals surface area contributed by atoms with Gasteiger partial charge in [-0.15, -0.1) is 11.3 Å². The molecule has 2 aromatic rings. The average molecular weight is 344 g/mol. The van der Waals surface area contributed by atoms with Crippen molar-refractivity contribution < 1.29 is 0 Å². The smallest absolute Gasteiger partial charge is 0.194 e. The van der Waals surface area contributed by atoms with Gasteiger partial charge < -0.3 is 22.1 Å². The lowest BCUT2D eigenvalue weighted by Crippen LogP contribution is -2.21. The molecule has 21 heavy (non-hydrogen) atoms. The number of anilines is 3. The van der Waals surface area contributed by atoms with Crippen LogP contribution in [0.2, 0.25) is 0 Å². The minimum atomic E-state index is 0.363. The Bertz CT molecular complexity index is 593. The fourth-order valence-electron chi connectivity index (χ4n) is 1.33. The molecule has 6 N–H and O–H groups in total. The summed E-state index contributed by atoms with van der Waals surface area (Å²) < 4.78 is 7.95. The van der Waals surface area contributed by atoms with E-state index >= 15 is 0 Å². The molecule has 0 aliphatic rings. The summed E-state index contributed by atoms with van der Waals surface area (Å²) in [7, 11) is 1.63. The molecule has 0 saturated carbocycles. The molecule has 0 bridgehead atoms. The van der Waals surface area contributed by atoms with Gasteiger partial charge in [-0.25, -0.2) is 4.98 Å². The number of guanidine groups is 1. The zero-order valence-electron chi connectivity index (χ0n) is 11.4. The molecule has 2 rings (SSSR count). The molecule has 0 fully saturated rings. The van der Waals surface area contributed by atoms with Gasteiger partial charge in [0, 0.05) is 30.5 Å². The molecular formula is C10H16N8S3. The van der Waals surface area contributed by atoms with Crippen LogP contribution < -0.4 is 22.1 Å². The first-order valence-electron chi connectivity index (χ1n) is 6.02. The van der Waals surface area contributed by atoms with Gasteiger partial charge in [0.15, 0.2) is 22.7 Å². The van der Waals surface area contributed by atoms with Gasteiger partial charge in [-0.05, 0) is 0 Å². The van der Waals surface area contributed by atoms with Crippen molar-refractivity contribution >= 4 is 57.6 Å². The lowest BCUT2D eigenvalue weighted by molar-refractivity contribution is 1.19. The minimum absolute atomic E-state index is 0.363. The van der Waals surface area contributed by atoms with Crippen molar-refractivity contribution in [3.63, 3.8) is 0 Å². The Balaban J connectivity index is 1.66. The average Bonchev–Trinajstić information content (AvgIpc) is 3.08. The Morgan fingerprint density at radius 2 is 2.33 bits per heavy atom. The van der Waals surface area contributed by atoms with Crippen molar-refractivity contribution in [3.8, 4) is 0 Å². The van der Waals surface area contributed by atoms with E-state index in [0.29, 0.717) is 17.6 Å². The second-order valence-corrected chi connectivity index (χ2v) is 6.35.